The highest BCUT2D eigenvalue weighted by Gasteiger charge is 2.39. The van der Waals surface area contributed by atoms with Gasteiger partial charge in [-0.3, -0.25) is 0 Å². The minimum Gasteiger partial charge on any atom is -0.455 e. The van der Waals surface area contributed by atoms with E-state index in [-0.39, 0.29) is 5.41 Å². The Labute approximate surface area is 325 Å². The molecule has 12 rings (SSSR count). The van der Waals surface area contributed by atoms with Crippen LogP contribution in [0.3, 0.4) is 0 Å². The molecule has 0 radical (unpaired) electrons. The van der Waals surface area contributed by atoms with Crippen LogP contribution >= 0.6 is 0 Å². The van der Waals surface area contributed by atoms with Gasteiger partial charge in [0.05, 0.1) is 0 Å². The first-order valence-corrected chi connectivity index (χ1v) is 19.6. The topological polar surface area (TPSA) is 13.1 Å². The fraction of sp³-hybridized carbons (Fsp3) is 0.0545. The fourth-order valence-electron chi connectivity index (χ4n) is 10.1. The lowest BCUT2D eigenvalue weighted by Gasteiger charge is -2.22. The van der Waals surface area contributed by atoms with Gasteiger partial charge in [-0.25, -0.2) is 0 Å². The van der Waals surface area contributed by atoms with Gasteiger partial charge in [0, 0.05) is 27.1 Å². The molecule has 1 aromatic heterocycles. The number of fused-ring (bicyclic) bond motifs is 12. The zero-order valence-corrected chi connectivity index (χ0v) is 31.2. The molecule has 0 unspecified atom stereocenters. The van der Waals surface area contributed by atoms with Crippen LogP contribution in [-0.4, -0.2) is 0 Å². The van der Waals surface area contributed by atoms with E-state index in [2.05, 4.69) is 196 Å². The molecular weight excluding hydrogens is 677 g/mol. The molecule has 0 saturated heterocycles. The molecular formula is C55H36O. The molecule has 1 heterocycles. The van der Waals surface area contributed by atoms with E-state index in [0.717, 1.165) is 16.6 Å². The van der Waals surface area contributed by atoms with Crippen LogP contribution in [0.2, 0.25) is 0 Å². The van der Waals surface area contributed by atoms with Crippen LogP contribution in [0.15, 0.2) is 186 Å². The maximum Gasteiger partial charge on any atom is 0.143 e. The molecule has 262 valence electrons. The van der Waals surface area contributed by atoms with Crippen molar-refractivity contribution in [3.05, 3.63) is 193 Å². The molecule has 56 heavy (non-hydrogen) atoms. The van der Waals surface area contributed by atoms with Crippen molar-refractivity contribution in [1.82, 2.24) is 0 Å². The number of rotatable bonds is 3. The van der Waals surface area contributed by atoms with E-state index in [9.17, 15) is 0 Å². The van der Waals surface area contributed by atoms with Crippen LogP contribution in [0, 0.1) is 0 Å². The minimum atomic E-state index is -0.245. The first kappa shape index (κ1) is 31.4. The van der Waals surface area contributed by atoms with Crippen LogP contribution in [0.25, 0.3) is 110 Å². The Bertz CT molecular complexity index is 3390. The van der Waals surface area contributed by atoms with Crippen molar-refractivity contribution in [2.75, 3.05) is 0 Å². The number of hydrogen-bond donors (Lipinski definition) is 0. The van der Waals surface area contributed by atoms with Crippen LogP contribution in [-0.2, 0) is 5.41 Å². The first-order valence-electron chi connectivity index (χ1n) is 19.6. The Morgan fingerprint density at radius 1 is 0.339 bits per heavy atom. The summed E-state index contributed by atoms with van der Waals surface area (Å²) in [6.45, 7) is 4.72. The molecule has 11 aromatic rings. The van der Waals surface area contributed by atoms with Crippen LogP contribution in [0.4, 0.5) is 0 Å². The summed E-state index contributed by atoms with van der Waals surface area (Å²) in [4.78, 5) is 0. The number of furan rings is 1. The fourth-order valence-corrected chi connectivity index (χ4v) is 10.1. The van der Waals surface area contributed by atoms with Gasteiger partial charge in [-0.1, -0.05) is 172 Å². The van der Waals surface area contributed by atoms with Crippen LogP contribution in [0.1, 0.15) is 25.0 Å². The van der Waals surface area contributed by atoms with E-state index in [1.54, 1.807) is 0 Å². The zero-order valence-electron chi connectivity index (χ0n) is 31.2. The molecule has 0 spiro atoms. The molecule has 1 nitrogen and oxygen atoms in total. The second-order valence-corrected chi connectivity index (χ2v) is 16.0. The summed E-state index contributed by atoms with van der Waals surface area (Å²) >= 11 is 0. The van der Waals surface area contributed by atoms with E-state index in [4.69, 9.17) is 4.42 Å². The number of hydrogen-bond acceptors (Lipinski definition) is 1. The van der Waals surface area contributed by atoms with Gasteiger partial charge in [-0.15, -0.1) is 0 Å². The highest BCUT2D eigenvalue weighted by molar-refractivity contribution is 6.23. The van der Waals surface area contributed by atoms with Crippen molar-refractivity contribution in [1.29, 1.82) is 0 Å². The molecule has 0 bridgehead atoms. The van der Waals surface area contributed by atoms with E-state index < -0.39 is 0 Å². The third-order valence-corrected chi connectivity index (χ3v) is 12.6. The molecule has 0 aliphatic heterocycles. The van der Waals surface area contributed by atoms with Gasteiger partial charge in [0.15, 0.2) is 0 Å². The van der Waals surface area contributed by atoms with Crippen molar-refractivity contribution in [2.24, 2.45) is 0 Å². The lowest BCUT2D eigenvalue weighted by molar-refractivity contribution is 0.621. The van der Waals surface area contributed by atoms with Crippen molar-refractivity contribution in [3.8, 4) is 44.5 Å². The smallest absolute Gasteiger partial charge is 0.143 e. The molecule has 0 atom stereocenters. The summed E-state index contributed by atoms with van der Waals surface area (Å²) in [5.41, 5.74) is 14.4. The Morgan fingerprint density at radius 3 is 1.62 bits per heavy atom. The van der Waals surface area contributed by atoms with Crippen molar-refractivity contribution >= 4 is 65.0 Å². The van der Waals surface area contributed by atoms with Crippen molar-refractivity contribution < 1.29 is 4.42 Å². The van der Waals surface area contributed by atoms with Crippen molar-refractivity contribution in [2.45, 2.75) is 19.3 Å². The SMILES string of the molecule is CC1(C)c2cc(-c3cccc(-c4c5ccccc5c(-c5cccc6ccccc56)c5ccccc45)c3)ccc2-c2ccc3c(oc4c5ccccc5ccc34)c21. The third kappa shape index (κ3) is 4.31. The summed E-state index contributed by atoms with van der Waals surface area (Å²) in [5.74, 6) is 0. The molecule has 10 aromatic carbocycles. The normalized spacial score (nSPS) is 13.3. The molecule has 0 amide bonds. The van der Waals surface area contributed by atoms with E-state index in [1.807, 2.05) is 0 Å². The third-order valence-electron chi connectivity index (χ3n) is 12.6. The van der Waals surface area contributed by atoms with Gasteiger partial charge in [-0.2, -0.15) is 0 Å². The van der Waals surface area contributed by atoms with Gasteiger partial charge < -0.3 is 4.42 Å². The Hall–Kier alpha value is -6.96. The molecule has 0 saturated carbocycles. The Morgan fingerprint density at radius 2 is 0.875 bits per heavy atom. The van der Waals surface area contributed by atoms with Crippen LogP contribution in [0.5, 0.6) is 0 Å². The monoisotopic (exact) mass is 712 g/mol. The highest BCUT2D eigenvalue weighted by Crippen LogP contribution is 2.54. The van der Waals surface area contributed by atoms with E-state index in [0.29, 0.717) is 0 Å². The minimum absolute atomic E-state index is 0.245. The lowest BCUT2D eigenvalue weighted by Crippen LogP contribution is -2.15. The molecule has 1 heteroatoms. The van der Waals surface area contributed by atoms with Gasteiger partial charge in [0.1, 0.15) is 11.2 Å². The van der Waals surface area contributed by atoms with Gasteiger partial charge in [0.25, 0.3) is 0 Å². The van der Waals surface area contributed by atoms with Crippen molar-refractivity contribution in [3.63, 3.8) is 0 Å². The summed E-state index contributed by atoms with van der Waals surface area (Å²) in [5, 5.41) is 12.3. The molecule has 1 aliphatic carbocycles. The van der Waals surface area contributed by atoms with Gasteiger partial charge in [0.2, 0.25) is 0 Å². The average molecular weight is 713 g/mol. The quantitative estimate of drug-likeness (QED) is 0.166. The second-order valence-electron chi connectivity index (χ2n) is 16.0. The Kier molecular flexibility index (Phi) is 6.46. The Balaban J connectivity index is 1.02. The summed E-state index contributed by atoms with van der Waals surface area (Å²) in [6, 6.07) is 67.1. The highest BCUT2D eigenvalue weighted by atomic mass is 16.3. The largest absolute Gasteiger partial charge is 0.455 e. The summed E-state index contributed by atoms with van der Waals surface area (Å²) < 4.78 is 6.88. The van der Waals surface area contributed by atoms with Gasteiger partial charge in [-0.05, 0) is 112 Å². The maximum absolute atomic E-state index is 6.88. The predicted octanol–water partition coefficient (Wildman–Crippen LogP) is 15.5. The van der Waals surface area contributed by atoms with Gasteiger partial charge >= 0.3 is 0 Å². The number of benzene rings is 10. The average Bonchev–Trinajstić information content (AvgIpc) is 3.74. The molecule has 1 aliphatic rings. The summed E-state index contributed by atoms with van der Waals surface area (Å²) in [7, 11) is 0. The molecule has 0 N–H and O–H groups in total. The standard InChI is InChI=1S/C55H36O/c1-55(2)49-32-36(26-27-40(49)46-29-30-48-47-28-25-34-14-4-6-19-39(34)53(47)56-54(48)52(46)55)35-16-11-17-37(31-35)50-42-20-7-9-22-44(42)51(45-23-10-8-21-43(45)50)41-24-12-15-33-13-3-5-18-38(33)41/h3-32H,1-2H3. The maximum atomic E-state index is 6.88. The lowest BCUT2D eigenvalue weighted by atomic mass is 9.80. The van der Waals surface area contributed by atoms with Crippen LogP contribution < -0.4 is 0 Å². The second kappa shape index (κ2) is 11.5. The predicted molar refractivity (Wildman–Crippen MR) is 238 cm³/mol. The van der Waals surface area contributed by atoms with E-state index in [1.165, 1.54) is 104 Å². The summed E-state index contributed by atoms with van der Waals surface area (Å²) in [6.07, 6.45) is 0. The van der Waals surface area contributed by atoms with E-state index >= 15 is 0 Å². The molecule has 0 fully saturated rings. The first-order chi connectivity index (χ1) is 27.5. The zero-order chi connectivity index (χ0) is 37.1.